The van der Waals surface area contributed by atoms with Gasteiger partial charge in [-0.1, -0.05) is 0 Å². The number of unbranched alkanes of at least 4 members (excludes halogenated alkanes) is 4. The molecule has 1 aromatic carbocycles. The van der Waals surface area contributed by atoms with Crippen LogP contribution in [0.25, 0.3) is 22.8 Å². The number of aryl methyl sites for hydroxylation is 1. The van der Waals surface area contributed by atoms with Gasteiger partial charge in [-0.2, -0.15) is 0 Å². The highest BCUT2D eigenvalue weighted by Gasteiger charge is 2.11. The van der Waals surface area contributed by atoms with Crippen LogP contribution in [-0.4, -0.2) is 37.7 Å². The minimum atomic E-state index is -0.168. The molecule has 192 valence electrons. The van der Waals surface area contributed by atoms with Crippen LogP contribution in [-0.2, 0) is 25.6 Å². The van der Waals surface area contributed by atoms with Gasteiger partial charge in [0.2, 0.25) is 5.89 Å². The van der Waals surface area contributed by atoms with Gasteiger partial charge in [0.1, 0.15) is 12.3 Å². The van der Waals surface area contributed by atoms with Crippen molar-refractivity contribution in [2.45, 2.75) is 57.9 Å². The lowest BCUT2D eigenvalue weighted by Crippen LogP contribution is -2.32. The van der Waals surface area contributed by atoms with Crippen LogP contribution in [0.15, 0.2) is 59.4 Å². The second-order valence-electron chi connectivity index (χ2n) is 8.50. The summed E-state index contributed by atoms with van der Waals surface area (Å²) < 4.78 is 23.2. The third-order valence-electron chi connectivity index (χ3n) is 5.83. The van der Waals surface area contributed by atoms with Crippen molar-refractivity contribution in [2.75, 3.05) is 20.8 Å². The first kappa shape index (κ1) is 26.9. The van der Waals surface area contributed by atoms with E-state index in [4.69, 9.17) is 9.15 Å². The monoisotopic (exact) mass is 495 g/mol. The van der Waals surface area contributed by atoms with Crippen LogP contribution < -0.4 is 9.30 Å². The van der Waals surface area contributed by atoms with Gasteiger partial charge in [-0.05, 0) is 56.4 Å². The summed E-state index contributed by atoms with van der Waals surface area (Å²) in [5.41, 5.74) is 1.84. The normalized spacial score (nSPS) is 10.7. The number of oxazole rings is 1. The summed E-state index contributed by atoms with van der Waals surface area (Å²) >= 11 is 0. The lowest BCUT2D eigenvalue weighted by Gasteiger charge is -2.06. The van der Waals surface area contributed by atoms with E-state index in [0.717, 1.165) is 61.9 Å². The van der Waals surface area contributed by atoms with Gasteiger partial charge < -0.3 is 18.6 Å². The number of ether oxygens (including phenoxy) is 3. The number of rotatable bonds is 15. The molecule has 8 heteroatoms. The third-order valence-corrected chi connectivity index (χ3v) is 5.83. The van der Waals surface area contributed by atoms with Crippen LogP contribution in [0.3, 0.4) is 0 Å². The summed E-state index contributed by atoms with van der Waals surface area (Å²) in [5.74, 6) is 1.74. The Morgan fingerprint density at radius 1 is 0.806 bits per heavy atom. The Morgan fingerprint density at radius 3 is 2.08 bits per heavy atom. The number of hydrogen-bond acceptors (Lipinski definition) is 7. The molecule has 0 unspecified atom stereocenters. The number of carbonyl (C=O) groups excluding carboxylic acids is 2. The lowest BCUT2D eigenvalue weighted by atomic mass is 10.2. The molecular weight excluding hydrogens is 460 g/mol. The summed E-state index contributed by atoms with van der Waals surface area (Å²) in [4.78, 5) is 26.7. The molecule has 3 rings (SSSR count). The Balaban J connectivity index is 1.43. The molecule has 2 aromatic heterocycles. The van der Waals surface area contributed by atoms with E-state index in [0.29, 0.717) is 31.1 Å². The van der Waals surface area contributed by atoms with E-state index in [9.17, 15) is 9.59 Å². The fraction of sp³-hybridized carbons (Fsp3) is 0.429. The van der Waals surface area contributed by atoms with Crippen LogP contribution in [0.1, 0.15) is 51.4 Å². The quantitative estimate of drug-likeness (QED) is 0.164. The second-order valence-corrected chi connectivity index (χ2v) is 8.50. The highest BCUT2D eigenvalue weighted by atomic mass is 16.5. The molecule has 0 saturated carbocycles. The first-order valence-electron chi connectivity index (χ1n) is 12.4. The van der Waals surface area contributed by atoms with E-state index in [1.54, 1.807) is 6.20 Å². The maximum Gasteiger partial charge on any atom is 0.305 e. The molecule has 0 radical (unpaired) electrons. The molecule has 0 amide bonds. The third kappa shape index (κ3) is 8.83. The predicted molar refractivity (Wildman–Crippen MR) is 134 cm³/mol. The van der Waals surface area contributed by atoms with Crippen molar-refractivity contribution in [1.82, 2.24) is 4.98 Å². The van der Waals surface area contributed by atoms with E-state index in [1.165, 1.54) is 14.2 Å². The van der Waals surface area contributed by atoms with Crippen molar-refractivity contribution in [1.29, 1.82) is 0 Å². The zero-order chi connectivity index (χ0) is 25.6. The van der Waals surface area contributed by atoms with E-state index >= 15 is 0 Å². The average Bonchev–Trinajstić information content (AvgIpc) is 3.41. The minimum absolute atomic E-state index is 0.151. The molecule has 0 N–H and O–H groups in total. The highest BCUT2D eigenvalue weighted by molar-refractivity contribution is 5.69. The lowest BCUT2D eigenvalue weighted by molar-refractivity contribution is -0.697. The van der Waals surface area contributed by atoms with Gasteiger partial charge in [-0.25, -0.2) is 9.55 Å². The number of benzene rings is 1. The van der Waals surface area contributed by atoms with Crippen LogP contribution in [0.5, 0.6) is 5.75 Å². The maximum atomic E-state index is 11.2. The molecule has 0 aliphatic rings. The Bertz CT molecular complexity index is 1080. The Hall–Kier alpha value is -3.68. The molecule has 0 atom stereocenters. The second kappa shape index (κ2) is 14.7. The molecule has 0 bridgehead atoms. The van der Waals surface area contributed by atoms with E-state index in [1.807, 2.05) is 48.8 Å². The number of pyridine rings is 1. The number of nitrogens with zero attached hydrogens (tertiary/aromatic N) is 2. The van der Waals surface area contributed by atoms with Gasteiger partial charge >= 0.3 is 11.9 Å². The molecule has 0 saturated heterocycles. The molecular formula is C28H35N2O6+. The minimum Gasteiger partial charge on any atom is -0.494 e. The van der Waals surface area contributed by atoms with Crippen molar-refractivity contribution in [3.05, 3.63) is 55.0 Å². The molecule has 8 nitrogen and oxygen atoms in total. The van der Waals surface area contributed by atoms with E-state index in [-0.39, 0.29) is 11.9 Å². The average molecular weight is 496 g/mol. The van der Waals surface area contributed by atoms with Crippen LogP contribution in [0.2, 0.25) is 0 Å². The van der Waals surface area contributed by atoms with Gasteiger partial charge in [0.25, 0.3) is 0 Å². The molecule has 2 heterocycles. The first-order chi connectivity index (χ1) is 17.6. The number of hydrogen-bond donors (Lipinski definition) is 0. The molecule has 36 heavy (non-hydrogen) atoms. The molecule has 0 fully saturated rings. The summed E-state index contributed by atoms with van der Waals surface area (Å²) in [6.07, 6.45) is 12.1. The Morgan fingerprint density at radius 2 is 1.44 bits per heavy atom. The summed E-state index contributed by atoms with van der Waals surface area (Å²) in [5, 5.41) is 0. The fourth-order valence-corrected chi connectivity index (χ4v) is 3.69. The number of esters is 2. The van der Waals surface area contributed by atoms with Gasteiger partial charge in [0.15, 0.2) is 18.2 Å². The van der Waals surface area contributed by atoms with Crippen molar-refractivity contribution < 1.29 is 32.8 Å². The SMILES string of the molecule is COC(=O)CCCCCOc1ccc(-c2cnc(-c3cc[n+](CCCCCC(=O)OC)cc3)o2)cc1. The van der Waals surface area contributed by atoms with Crippen molar-refractivity contribution >= 4 is 11.9 Å². The van der Waals surface area contributed by atoms with Crippen molar-refractivity contribution in [3.8, 4) is 28.5 Å². The topological polar surface area (TPSA) is 91.7 Å². The first-order valence-corrected chi connectivity index (χ1v) is 12.4. The maximum absolute atomic E-state index is 11.2. The number of methoxy groups -OCH3 is 2. The smallest absolute Gasteiger partial charge is 0.305 e. The highest BCUT2D eigenvalue weighted by Crippen LogP contribution is 2.27. The Kier molecular flexibility index (Phi) is 11.0. The van der Waals surface area contributed by atoms with E-state index in [2.05, 4.69) is 19.0 Å². The summed E-state index contributed by atoms with van der Waals surface area (Å²) in [7, 11) is 2.83. The van der Waals surface area contributed by atoms with E-state index < -0.39 is 0 Å². The fourth-order valence-electron chi connectivity index (χ4n) is 3.69. The standard InChI is InChI=1S/C28H35N2O6/c1-33-26(31)9-5-3-7-17-30-18-15-23(16-19-30)28-29-21-25(36-28)22-11-13-24(14-12-22)35-20-8-4-6-10-27(32)34-2/h11-16,18-19,21H,3-10,17,20H2,1-2H3/q+1. The Labute approximate surface area is 212 Å². The van der Waals surface area contributed by atoms with Gasteiger partial charge in [0.05, 0.1) is 27.0 Å². The predicted octanol–water partition coefficient (Wildman–Crippen LogP) is 5.14. The molecule has 3 aromatic rings. The zero-order valence-corrected chi connectivity index (χ0v) is 21.1. The number of aromatic nitrogens is 2. The van der Waals surface area contributed by atoms with Crippen LogP contribution >= 0.6 is 0 Å². The summed E-state index contributed by atoms with van der Waals surface area (Å²) in [6.45, 7) is 1.49. The van der Waals surface area contributed by atoms with Gasteiger partial charge in [-0.15, -0.1) is 0 Å². The van der Waals surface area contributed by atoms with Crippen molar-refractivity contribution in [2.24, 2.45) is 0 Å². The van der Waals surface area contributed by atoms with Gasteiger partial charge in [0, 0.05) is 42.5 Å². The van der Waals surface area contributed by atoms with Crippen LogP contribution in [0.4, 0.5) is 0 Å². The zero-order valence-electron chi connectivity index (χ0n) is 21.1. The van der Waals surface area contributed by atoms with Gasteiger partial charge in [-0.3, -0.25) is 9.59 Å². The molecule has 0 aliphatic carbocycles. The van der Waals surface area contributed by atoms with Crippen LogP contribution in [0, 0.1) is 0 Å². The largest absolute Gasteiger partial charge is 0.494 e. The number of carbonyl (C=O) groups is 2. The molecule has 0 aliphatic heterocycles. The molecule has 0 spiro atoms. The summed E-state index contributed by atoms with van der Waals surface area (Å²) in [6, 6.07) is 11.7. The van der Waals surface area contributed by atoms with Crippen molar-refractivity contribution in [3.63, 3.8) is 0 Å².